The summed E-state index contributed by atoms with van der Waals surface area (Å²) < 4.78 is 10.7. The maximum Gasteiger partial charge on any atom is 0.332 e. The van der Waals surface area contributed by atoms with E-state index >= 15 is 0 Å². The Balaban J connectivity index is 1.83. The van der Waals surface area contributed by atoms with Crippen LogP contribution in [0, 0.1) is 12.8 Å². The summed E-state index contributed by atoms with van der Waals surface area (Å²) in [5.74, 6) is -0.384. The molecule has 1 aliphatic heterocycles. The minimum absolute atomic E-state index is 0.0858. The SMILES string of the molecule is Cc1nc(N=C(N)N)sc1C(=O)N1CCC(COCC(=O)OC(C)(C)C)C1. The van der Waals surface area contributed by atoms with Gasteiger partial charge in [0.1, 0.15) is 17.1 Å². The highest BCUT2D eigenvalue weighted by molar-refractivity contribution is 7.17. The van der Waals surface area contributed by atoms with Crippen molar-refractivity contribution in [2.24, 2.45) is 22.4 Å². The molecule has 1 unspecified atom stereocenters. The van der Waals surface area contributed by atoms with Gasteiger partial charge in [0.2, 0.25) is 5.13 Å². The second kappa shape index (κ2) is 8.66. The van der Waals surface area contributed by atoms with E-state index in [1.807, 2.05) is 20.8 Å². The van der Waals surface area contributed by atoms with Gasteiger partial charge in [-0.3, -0.25) is 4.79 Å². The molecule has 27 heavy (non-hydrogen) atoms. The van der Waals surface area contributed by atoms with Gasteiger partial charge >= 0.3 is 5.97 Å². The van der Waals surface area contributed by atoms with Gasteiger partial charge in [-0.25, -0.2) is 9.78 Å². The van der Waals surface area contributed by atoms with Crippen LogP contribution in [0.3, 0.4) is 0 Å². The van der Waals surface area contributed by atoms with Crippen molar-refractivity contribution in [2.45, 2.75) is 39.7 Å². The van der Waals surface area contributed by atoms with Crippen molar-refractivity contribution in [3.05, 3.63) is 10.6 Å². The molecule has 2 heterocycles. The van der Waals surface area contributed by atoms with Gasteiger partial charge in [0.05, 0.1) is 12.3 Å². The Labute approximate surface area is 162 Å². The number of ether oxygens (including phenoxy) is 2. The van der Waals surface area contributed by atoms with E-state index in [0.29, 0.717) is 35.4 Å². The first kappa shape index (κ1) is 21.1. The van der Waals surface area contributed by atoms with Gasteiger partial charge < -0.3 is 25.8 Å². The van der Waals surface area contributed by atoms with E-state index in [1.165, 1.54) is 11.3 Å². The van der Waals surface area contributed by atoms with Crippen LogP contribution in [0.25, 0.3) is 0 Å². The van der Waals surface area contributed by atoms with Gasteiger partial charge in [0.25, 0.3) is 5.91 Å². The fourth-order valence-electron chi connectivity index (χ4n) is 2.72. The molecule has 1 aromatic heterocycles. The molecule has 0 bridgehead atoms. The number of aliphatic imine (C=N–C) groups is 1. The number of likely N-dealkylation sites (tertiary alicyclic amines) is 1. The lowest BCUT2D eigenvalue weighted by Crippen LogP contribution is -2.30. The zero-order chi connectivity index (χ0) is 20.2. The Morgan fingerprint density at radius 2 is 2.07 bits per heavy atom. The number of guanidine groups is 1. The maximum atomic E-state index is 12.7. The van der Waals surface area contributed by atoms with Crippen molar-refractivity contribution >= 4 is 34.3 Å². The molecule has 1 aliphatic rings. The van der Waals surface area contributed by atoms with Crippen LogP contribution in [0.4, 0.5) is 5.13 Å². The summed E-state index contributed by atoms with van der Waals surface area (Å²) in [5.41, 5.74) is 10.8. The van der Waals surface area contributed by atoms with E-state index < -0.39 is 5.60 Å². The monoisotopic (exact) mass is 397 g/mol. The molecule has 0 aromatic carbocycles. The van der Waals surface area contributed by atoms with E-state index in [-0.39, 0.29) is 30.4 Å². The third kappa shape index (κ3) is 6.47. The average Bonchev–Trinajstić information content (AvgIpc) is 3.11. The van der Waals surface area contributed by atoms with Gasteiger partial charge in [-0.1, -0.05) is 11.3 Å². The smallest absolute Gasteiger partial charge is 0.332 e. The van der Waals surface area contributed by atoms with Crippen LogP contribution in [0.1, 0.15) is 42.6 Å². The van der Waals surface area contributed by atoms with Crippen LogP contribution >= 0.6 is 11.3 Å². The lowest BCUT2D eigenvalue weighted by Gasteiger charge is -2.20. The van der Waals surface area contributed by atoms with Crippen molar-refractivity contribution in [1.82, 2.24) is 9.88 Å². The second-order valence-corrected chi connectivity index (χ2v) is 8.43. The fraction of sp³-hybridized carbons (Fsp3) is 0.647. The number of carbonyl (C=O) groups is 2. The number of aryl methyl sites for hydroxylation is 1. The highest BCUT2D eigenvalue weighted by atomic mass is 32.1. The minimum Gasteiger partial charge on any atom is -0.458 e. The van der Waals surface area contributed by atoms with Crippen LogP contribution < -0.4 is 11.5 Å². The predicted molar refractivity (Wildman–Crippen MR) is 103 cm³/mol. The summed E-state index contributed by atoms with van der Waals surface area (Å²) in [7, 11) is 0. The number of carbonyl (C=O) groups excluding carboxylic acids is 2. The summed E-state index contributed by atoms with van der Waals surface area (Å²) in [6, 6.07) is 0. The quantitative estimate of drug-likeness (QED) is 0.418. The number of amides is 1. The molecule has 1 amide bonds. The Morgan fingerprint density at radius 3 is 2.70 bits per heavy atom. The third-order valence-electron chi connectivity index (χ3n) is 3.77. The lowest BCUT2D eigenvalue weighted by molar-refractivity contribution is -0.160. The molecule has 1 fully saturated rings. The first-order valence-corrected chi connectivity index (χ1v) is 9.52. The number of thiazole rings is 1. The van der Waals surface area contributed by atoms with E-state index in [1.54, 1.807) is 11.8 Å². The minimum atomic E-state index is -0.527. The zero-order valence-electron chi connectivity index (χ0n) is 16.2. The number of hydrogen-bond acceptors (Lipinski definition) is 7. The Hall–Kier alpha value is -2.20. The average molecular weight is 398 g/mol. The summed E-state index contributed by atoms with van der Waals surface area (Å²) >= 11 is 1.17. The number of nitrogens with zero attached hydrogens (tertiary/aromatic N) is 3. The number of esters is 1. The van der Waals surface area contributed by atoms with Crippen LogP contribution in [0.5, 0.6) is 0 Å². The molecule has 1 saturated heterocycles. The first-order chi connectivity index (χ1) is 12.5. The molecular weight excluding hydrogens is 370 g/mol. The van der Waals surface area contributed by atoms with E-state index in [9.17, 15) is 9.59 Å². The van der Waals surface area contributed by atoms with Crippen molar-refractivity contribution in [2.75, 3.05) is 26.3 Å². The Bertz CT molecular complexity index is 721. The molecule has 0 saturated carbocycles. The van der Waals surface area contributed by atoms with Crippen LogP contribution in [0.2, 0.25) is 0 Å². The number of nitrogens with two attached hydrogens (primary N) is 2. The van der Waals surface area contributed by atoms with Crippen molar-refractivity contribution in [1.29, 1.82) is 0 Å². The van der Waals surface area contributed by atoms with Crippen molar-refractivity contribution in [3.8, 4) is 0 Å². The van der Waals surface area contributed by atoms with Gasteiger partial charge in [0.15, 0.2) is 5.96 Å². The van der Waals surface area contributed by atoms with E-state index in [0.717, 1.165) is 6.42 Å². The van der Waals surface area contributed by atoms with Crippen LogP contribution in [-0.2, 0) is 14.3 Å². The summed E-state index contributed by atoms with van der Waals surface area (Å²) in [5, 5.41) is 0.368. The standard InChI is InChI=1S/C17H27N5O4S/c1-10-13(27-16(20-10)21-15(18)19)14(24)22-6-5-11(7-22)8-25-9-12(23)26-17(2,3)4/h11H,5-9H2,1-4H3,(H4,18,19,20,21). The molecule has 0 radical (unpaired) electrons. The zero-order valence-corrected chi connectivity index (χ0v) is 17.0. The molecule has 150 valence electrons. The normalized spacial score (nSPS) is 17.0. The number of hydrogen-bond donors (Lipinski definition) is 2. The summed E-state index contributed by atoms with van der Waals surface area (Å²) in [6.07, 6.45) is 0.818. The van der Waals surface area contributed by atoms with Crippen LogP contribution in [0.15, 0.2) is 4.99 Å². The second-order valence-electron chi connectivity index (χ2n) is 7.46. The predicted octanol–water partition coefficient (Wildman–Crippen LogP) is 1.18. The lowest BCUT2D eigenvalue weighted by atomic mass is 10.1. The number of rotatable bonds is 6. The molecule has 1 atom stereocenters. The topological polar surface area (TPSA) is 133 Å². The highest BCUT2D eigenvalue weighted by Crippen LogP contribution is 2.28. The first-order valence-electron chi connectivity index (χ1n) is 8.71. The van der Waals surface area contributed by atoms with Gasteiger partial charge in [-0.05, 0) is 34.1 Å². The highest BCUT2D eigenvalue weighted by Gasteiger charge is 2.29. The van der Waals surface area contributed by atoms with Gasteiger partial charge in [-0.2, -0.15) is 4.99 Å². The molecule has 0 aliphatic carbocycles. The third-order valence-corrected chi connectivity index (χ3v) is 4.81. The molecule has 0 spiro atoms. The van der Waals surface area contributed by atoms with Gasteiger partial charge in [-0.15, -0.1) is 0 Å². The maximum absolute atomic E-state index is 12.7. The summed E-state index contributed by atoms with van der Waals surface area (Å²) in [6.45, 7) is 8.72. The van der Waals surface area contributed by atoms with Crippen molar-refractivity contribution in [3.63, 3.8) is 0 Å². The van der Waals surface area contributed by atoms with E-state index in [2.05, 4.69) is 9.98 Å². The Morgan fingerprint density at radius 1 is 1.37 bits per heavy atom. The fourth-order valence-corrected chi connectivity index (χ4v) is 3.64. The molecule has 9 nitrogen and oxygen atoms in total. The molecular formula is C17H27N5O4S. The summed E-state index contributed by atoms with van der Waals surface area (Å²) in [4.78, 5) is 34.8. The number of aromatic nitrogens is 1. The van der Waals surface area contributed by atoms with Crippen LogP contribution in [-0.4, -0.2) is 59.6 Å². The van der Waals surface area contributed by atoms with Gasteiger partial charge in [0, 0.05) is 19.0 Å². The van der Waals surface area contributed by atoms with E-state index in [4.69, 9.17) is 20.9 Å². The Kier molecular flexibility index (Phi) is 6.77. The molecule has 1 aromatic rings. The largest absolute Gasteiger partial charge is 0.458 e. The molecule has 4 N–H and O–H groups in total. The molecule has 10 heteroatoms. The van der Waals surface area contributed by atoms with Crippen molar-refractivity contribution < 1.29 is 19.1 Å². The molecule has 2 rings (SSSR count).